The van der Waals surface area contributed by atoms with Crippen LogP contribution in [0.1, 0.15) is 66.7 Å². The highest BCUT2D eigenvalue weighted by atomic mass is 14.9. The van der Waals surface area contributed by atoms with Gasteiger partial charge < -0.3 is 5.32 Å². The predicted octanol–water partition coefficient (Wildman–Crippen LogP) is 3.98. The Morgan fingerprint density at radius 2 is 1.57 bits per heavy atom. The van der Waals surface area contributed by atoms with Crippen molar-refractivity contribution in [1.82, 2.24) is 5.32 Å². The summed E-state index contributed by atoms with van der Waals surface area (Å²) in [6.07, 6.45) is 6.83. The number of rotatable bonds is 7. The van der Waals surface area contributed by atoms with Gasteiger partial charge in [-0.3, -0.25) is 0 Å². The van der Waals surface area contributed by atoms with Crippen molar-refractivity contribution in [2.75, 3.05) is 6.54 Å². The Kier molecular flexibility index (Phi) is 7.26. The highest BCUT2D eigenvalue weighted by molar-refractivity contribution is 4.69. The van der Waals surface area contributed by atoms with Gasteiger partial charge in [-0.25, -0.2) is 0 Å². The minimum Gasteiger partial charge on any atom is -0.312 e. The molecule has 0 aromatic rings. The Hall–Kier alpha value is -0.0400. The Bertz CT molecular complexity index is 120. The van der Waals surface area contributed by atoms with E-state index in [4.69, 9.17) is 0 Å². The second-order valence-electron chi connectivity index (χ2n) is 5.36. The van der Waals surface area contributed by atoms with Crippen molar-refractivity contribution in [3.8, 4) is 0 Å². The first-order chi connectivity index (χ1) is 6.49. The molecule has 0 heterocycles. The highest BCUT2D eigenvalue weighted by Crippen LogP contribution is 2.15. The van der Waals surface area contributed by atoms with E-state index in [0.717, 1.165) is 5.92 Å². The molecule has 0 saturated heterocycles. The minimum absolute atomic E-state index is 0.287. The van der Waals surface area contributed by atoms with Crippen molar-refractivity contribution in [3.05, 3.63) is 0 Å². The number of unbranched alkanes of at least 4 members (excludes halogenated alkanes) is 1. The van der Waals surface area contributed by atoms with E-state index < -0.39 is 0 Å². The van der Waals surface area contributed by atoms with Crippen LogP contribution in [0.15, 0.2) is 0 Å². The van der Waals surface area contributed by atoms with Crippen LogP contribution in [-0.2, 0) is 0 Å². The maximum atomic E-state index is 3.53. The molecule has 0 spiro atoms. The van der Waals surface area contributed by atoms with E-state index in [1.54, 1.807) is 0 Å². The summed E-state index contributed by atoms with van der Waals surface area (Å²) >= 11 is 0. The number of hydrogen-bond acceptors (Lipinski definition) is 1. The molecule has 1 nitrogen and oxygen atoms in total. The fraction of sp³-hybridized carbons (Fsp3) is 1.00. The molecular weight excluding hydrogens is 170 g/mol. The largest absolute Gasteiger partial charge is 0.312 e. The van der Waals surface area contributed by atoms with Gasteiger partial charge in [-0.2, -0.15) is 0 Å². The van der Waals surface area contributed by atoms with Gasteiger partial charge in [0.05, 0.1) is 0 Å². The lowest BCUT2D eigenvalue weighted by molar-refractivity contribution is 0.394. The van der Waals surface area contributed by atoms with E-state index in [0.29, 0.717) is 0 Å². The van der Waals surface area contributed by atoms with Gasteiger partial charge in [0.2, 0.25) is 0 Å². The van der Waals surface area contributed by atoms with Crippen LogP contribution in [0.2, 0.25) is 0 Å². The Morgan fingerprint density at radius 3 is 2.00 bits per heavy atom. The maximum Gasteiger partial charge on any atom is 0.00965 e. The predicted molar refractivity (Wildman–Crippen MR) is 65.7 cm³/mol. The van der Waals surface area contributed by atoms with Gasteiger partial charge >= 0.3 is 0 Å². The van der Waals surface area contributed by atoms with Gasteiger partial charge in [0.1, 0.15) is 0 Å². The summed E-state index contributed by atoms with van der Waals surface area (Å²) in [7, 11) is 0. The van der Waals surface area contributed by atoms with E-state index in [9.17, 15) is 0 Å². The summed E-state index contributed by atoms with van der Waals surface area (Å²) in [6.45, 7) is 12.5. The van der Waals surface area contributed by atoms with E-state index in [1.165, 1.54) is 38.6 Å². The molecule has 86 valence electrons. The van der Waals surface area contributed by atoms with Crippen molar-refractivity contribution < 1.29 is 0 Å². The Labute approximate surface area is 90.7 Å². The van der Waals surface area contributed by atoms with Crippen LogP contribution >= 0.6 is 0 Å². The maximum absolute atomic E-state index is 3.53. The minimum atomic E-state index is 0.287. The molecule has 0 bridgehead atoms. The average Bonchev–Trinajstić information content (AvgIpc) is 2.09. The standard InChI is InChI=1S/C13H29N/c1-6-12(7-2)10-8-9-11-14-13(3,4)5/h12,14H,6-11H2,1-5H3. The molecule has 0 aliphatic heterocycles. The Balaban J connectivity index is 3.29. The van der Waals surface area contributed by atoms with Crippen molar-refractivity contribution in [2.45, 2.75) is 72.3 Å². The molecule has 0 aromatic carbocycles. The fourth-order valence-electron chi connectivity index (χ4n) is 1.72. The van der Waals surface area contributed by atoms with Crippen molar-refractivity contribution in [3.63, 3.8) is 0 Å². The third-order valence-electron chi connectivity index (χ3n) is 2.85. The second-order valence-corrected chi connectivity index (χ2v) is 5.36. The lowest BCUT2D eigenvalue weighted by atomic mass is 9.96. The third kappa shape index (κ3) is 8.55. The van der Waals surface area contributed by atoms with Crippen LogP contribution in [0.3, 0.4) is 0 Å². The molecule has 0 aliphatic rings. The van der Waals surface area contributed by atoms with Gasteiger partial charge in [-0.15, -0.1) is 0 Å². The van der Waals surface area contributed by atoms with Gasteiger partial charge in [0.25, 0.3) is 0 Å². The van der Waals surface area contributed by atoms with E-state index in [1.807, 2.05) is 0 Å². The van der Waals surface area contributed by atoms with Crippen LogP contribution in [0.4, 0.5) is 0 Å². The van der Waals surface area contributed by atoms with Crippen LogP contribution < -0.4 is 5.32 Å². The summed E-state index contributed by atoms with van der Waals surface area (Å²) in [6, 6.07) is 0. The zero-order valence-electron chi connectivity index (χ0n) is 10.8. The fourth-order valence-corrected chi connectivity index (χ4v) is 1.72. The van der Waals surface area contributed by atoms with Gasteiger partial charge in [-0.05, 0) is 39.7 Å². The average molecular weight is 199 g/mol. The van der Waals surface area contributed by atoms with Crippen LogP contribution in [-0.4, -0.2) is 12.1 Å². The third-order valence-corrected chi connectivity index (χ3v) is 2.85. The molecule has 0 saturated carbocycles. The lowest BCUT2D eigenvalue weighted by Gasteiger charge is -2.20. The normalized spacial score (nSPS) is 12.4. The molecule has 0 unspecified atom stereocenters. The second kappa shape index (κ2) is 7.28. The summed E-state index contributed by atoms with van der Waals surface area (Å²) in [5.41, 5.74) is 0.287. The van der Waals surface area contributed by atoms with Crippen LogP contribution in [0.25, 0.3) is 0 Å². The zero-order chi connectivity index (χ0) is 11.0. The van der Waals surface area contributed by atoms with Crippen molar-refractivity contribution in [2.24, 2.45) is 5.92 Å². The van der Waals surface area contributed by atoms with Gasteiger partial charge in [-0.1, -0.05) is 39.5 Å². The highest BCUT2D eigenvalue weighted by Gasteiger charge is 2.07. The summed E-state index contributed by atoms with van der Waals surface area (Å²) in [5, 5.41) is 3.53. The van der Waals surface area contributed by atoms with Crippen molar-refractivity contribution in [1.29, 1.82) is 0 Å². The van der Waals surface area contributed by atoms with E-state index >= 15 is 0 Å². The zero-order valence-corrected chi connectivity index (χ0v) is 10.8. The number of nitrogens with one attached hydrogen (secondary N) is 1. The van der Waals surface area contributed by atoms with Crippen molar-refractivity contribution >= 4 is 0 Å². The molecule has 0 atom stereocenters. The quantitative estimate of drug-likeness (QED) is 0.612. The first-order valence-electron chi connectivity index (χ1n) is 6.24. The molecule has 1 N–H and O–H groups in total. The molecule has 0 aromatic heterocycles. The molecule has 1 heteroatoms. The molecule has 14 heavy (non-hydrogen) atoms. The van der Waals surface area contributed by atoms with Gasteiger partial charge in [0, 0.05) is 5.54 Å². The van der Waals surface area contributed by atoms with Crippen LogP contribution in [0.5, 0.6) is 0 Å². The SMILES string of the molecule is CCC(CC)CCCCNC(C)(C)C. The van der Waals surface area contributed by atoms with E-state index in [2.05, 4.69) is 39.9 Å². The summed E-state index contributed by atoms with van der Waals surface area (Å²) in [4.78, 5) is 0. The summed E-state index contributed by atoms with van der Waals surface area (Å²) in [5.74, 6) is 0.963. The first kappa shape index (κ1) is 14.0. The molecule has 0 fully saturated rings. The lowest BCUT2D eigenvalue weighted by Crippen LogP contribution is -2.36. The molecule has 0 aliphatic carbocycles. The molecular formula is C13H29N. The summed E-state index contributed by atoms with van der Waals surface area (Å²) < 4.78 is 0. The molecule has 0 rings (SSSR count). The molecule has 0 amide bonds. The van der Waals surface area contributed by atoms with E-state index in [-0.39, 0.29) is 5.54 Å². The monoisotopic (exact) mass is 199 g/mol. The molecule has 0 radical (unpaired) electrons. The first-order valence-corrected chi connectivity index (χ1v) is 6.24. The Morgan fingerprint density at radius 1 is 1.00 bits per heavy atom. The topological polar surface area (TPSA) is 12.0 Å². The van der Waals surface area contributed by atoms with Crippen LogP contribution in [0, 0.1) is 5.92 Å². The number of hydrogen-bond donors (Lipinski definition) is 1. The van der Waals surface area contributed by atoms with Gasteiger partial charge in [0.15, 0.2) is 0 Å². The smallest absolute Gasteiger partial charge is 0.00965 e.